The van der Waals surface area contributed by atoms with Crippen molar-refractivity contribution in [3.63, 3.8) is 0 Å². The molecule has 0 radical (unpaired) electrons. The fourth-order valence-corrected chi connectivity index (χ4v) is 2.31. The molecular formula is C13H19NO3Si. The Labute approximate surface area is 108 Å². The Morgan fingerprint density at radius 1 is 1.39 bits per heavy atom. The molecule has 1 rings (SSSR count). The van der Waals surface area contributed by atoms with Gasteiger partial charge in [0.25, 0.3) is 5.69 Å². The van der Waals surface area contributed by atoms with Crippen LogP contribution in [0.25, 0.3) is 6.08 Å². The average Bonchev–Trinajstić information content (AvgIpc) is 2.27. The number of rotatable bonds is 5. The number of benzene rings is 1. The van der Waals surface area contributed by atoms with Gasteiger partial charge in [-0.15, -0.1) is 0 Å². The number of nitro benzene ring substituents is 1. The molecule has 0 saturated carbocycles. The number of methoxy groups -OCH3 is 1. The van der Waals surface area contributed by atoms with Crippen molar-refractivity contribution in [3.05, 3.63) is 40.0 Å². The predicted molar refractivity (Wildman–Crippen MR) is 76.8 cm³/mol. The molecule has 0 N–H and O–H groups in total. The molecule has 0 aromatic heterocycles. The molecule has 0 fully saturated rings. The van der Waals surface area contributed by atoms with Gasteiger partial charge in [0.1, 0.15) is 5.75 Å². The summed E-state index contributed by atoms with van der Waals surface area (Å²) in [5.74, 6) is 0.504. The van der Waals surface area contributed by atoms with Crippen LogP contribution in [0.1, 0.15) is 5.56 Å². The van der Waals surface area contributed by atoms with Crippen molar-refractivity contribution in [3.8, 4) is 5.75 Å². The third-order valence-corrected chi connectivity index (χ3v) is 3.92. The Kier molecular flexibility index (Phi) is 4.67. The largest absolute Gasteiger partial charge is 0.497 e. The van der Waals surface area contributed by atoms with Gasteiger partial charge in [-0.3, -0.25) is 10.1 Å². The Morgan fingerprint density at radius 3 is 2.56 bits per heavy atom. The second kappa shape index (κ2) is 5.82. The lowest BCUT2D eigenvalue weighted by Gasteiger charge is -2.11. The van der Waals surface area contributed by atoms with E-state index in [2.05, 4.69) is 19.6 Å². The molecule has 0 aliphatic carbocycles. The van der Waals surface area contributed by atoms with Crippen molar-refractivity contribution in [2.75, 3.05) is 7.11 Å². The summed E-state index contributed by atoms with van der Waals surface area (Å²) in [5, 5.41) is 11.0. The molecule has 4 nitrogen and oxygen atoms in total. The van der Waals surface area contributed by atoms with Crippen molar-refractivity contribution in [2.24, 2.45) is 0 Å². The smallest absolute Gasteiger partial charge is 0.280 e. The van der Waals surface area contributed by atoms with Crippen LogP contribution in [0.3, 0.4) is 0 Å². The third-order valence-electron chi connectivity index (χ3n) is 2.46. The first kappa shape index (κ1) is 14.4. The number of hydrogen-bond acceptors (Lipinski definition) is 3. The fraction of sp³-hybridized carbons (Fsp3) is 0.385. The van der Waals surface area contributed by atoms with E-state index in [1.807, 2.05) is 12.2 Å². The Bertz CT molecular complexity index is 464. The zero-order valence-electron chi connectivity index (χ0n) is 11.3. The second-order valence-corrected chi connectivity index (χ2v) is 10.9. The summed E-state index contributed by atoms with van der Waals surface area (Å²) in [7, 11) is 0.345. The highest BCUT2D eigenvalue weighted by molar-refractivity contribution is 6.76. The molecule has 98 valence electrons. The van der Waals surface area contributed by atoms with Gasteiger partial charge in [-0.2, -0.15) is 0 Å². The predicted octanol–water partition coefficient (Wildman–Crippen LogP) is 3.95. The molecule has 0 aliphatic rings. The van der Waals surface area contributed by atoms with Crippen LogP contribution in [0.5, 0.6) is 5.75 Å². The number of hydrogen-bond donors (Lipinski definition) is 0. The highest BCUT2D eigenvalue weighted by Crippen LogP contribution is 2.26. The van der Waals surface area contributed by atoms with Crippen LogP contribution in [-0.4, -0.2) is 20.1 Å². The fourth-order valence-electron chi connectivity index (χ4n) is 1.49. The molecular weight excluding hydrogens is 246 g/mol. The molecule has 0 unspecified atom stereocenters. The minimum Gasteiger partial charge on any atom is -0.497 e. The number of ether oxygens (including phenoxy) is 1. The van der Waals surface area contributed by atoms with Crippen molar-refractivity contribution < 1.29 is 9.66 Å². The summed E-state index contributed by atoms with van der Waals surface area (Å²) in [5.41, 5.74) is 0.709. The molecule has 0 bridgehead atoms. The van der Waals surface area contributed by atoms with Crippen LogP contribution < -0.4 is 4.74 Å². The molecule has 0 aliphatic heterocycles. The van der Waals surface area contributed by atoms with E-state index in [0.29, 0.717) is 11.3 Å². The zero-order valence-corrected chi connectivity index (χ0v) is 12.3. The van der Waals surface area contributed by atoms with Gasteiger partial charge < -0.3 is 4.74 Å². The highest BCUT2D eigenvalue weighted by atomic mass is 28.3. The molecule has 0 spiro atoms. The van der Waals surface area contributed by atoms with Gasteiger partial charge in [-0.1, -0.05) is 31.8 Å². The van der Waals surface area contributed by atoms with Gasteiger partial charge in [-0.25, -0.2) is 0 Å². The van der Waals surface area contributed by atoms with E-state index in [4.69, 9.17) is 4.74 Å². The van der Waals surface area contributed by atoms with E-state index in [9.17, 15) is 10.1 Å². The van der Waals surface area contributed by atoms with Gasteiger partial charge in [0.15, 0.2) is 0 Å². The van der Waals surface area contributed by atoms with Crippen molar-refractivity contribution >= 4 is 19.8 Å². The van der Waals surface area contributed by atoms with Gasteiger partial charge in [-0.05, 0) is 18.2 Å². The average molecular weight is 265 g/mol. The molecule has 18 heavy (non-hydrogen) atoms. The summed E-state index contributed by atoms with van der Waals surface area (Å²) in [4.78, 5) is 10.6. The van der Waals surface area contributed by atoms with Gasteiger partial charge >= 0.3 is 0 Å². The van der Waals surface area contributed by atoms with Crippen LogP contribution in [0.4, 0.5) is 5.69 Å². The van der Waals surface area contributed by atoms with E-state index >= 15 is 0 Å². The molecule has 0 saturated heterocycles. The van der Waals surface area contributed by atoms with E-state index in [-0.39, 0.29) is 10.6 Å². The first-order valence-electron chi connectivity index (χ1n) is 5.82. The lowest BCUT2D eigenvalue weighted by Crippen LogP contribution is -2.17. The number of nitrogens with zero attached hydrogens (tertiary/aromatic N) is 1. The van der Waals surface area contributed by atoms with Crippen molar-refractivity contribution in [1.29, 1.82) is 0 Å². The topological polar surface area (TPSA) is 52.4 Å². The minimum atomic E-state index is -1.15. The summed E-state index contributed by atoms with van der Waals surface area (Å²) in [6.07, 6.45) is 3.86. The van der Waals surface area contributed by atoms with Crippen LogP contribution >= 0.6 is 0 Å². The van der Waals surface area contributed by atoms with E-state index in [1.165, 1.54) is 13.2 Å². The summed E-state index contributed by atoms with van der Waals surface area (Å²) in [6.45, 7) is 6.79. The molecule has 1 aromatic rings. The maximum absolute atomic E-state index is 11.0. The summed E-state index contributed by atoms with van der Waals surface area (Å²) < 4.78 is 5.00. The lowest BCUT2D eigenvalue weighted by molar-refractivity contribution is -0.385. The number of allylic oxidation sites excluding steroid dienone is 1. The van der Waals surface area contributed by atoms with Crippen molar-refractivity contribution in [1.82, 2.24) is 0 Å². The SMILES string of the molecule is COc1ccc(/C=C/C[Si](C)(C)C)c([N+](=O)[O-])c1. The second-order valence-electron chi connectivity index (χ2n) is 5.35. The van der Waals surface area contributed by atoms with E-state index in [0.717, 1.165) is 6.04 Å². The molecule has 0 heterocycles. The maximum atomic E-state index is 11.0. The summed E-state index contributed by atoms with van der Waals surface area (Å²) >= 11 is 0. The molecule has 1 aromatic carbocycles. The van der Waals surface area contributed by atoms with Crippen LogP contribution in [-0.2, 0) is 0 Å². The lowest BCUT2D eigenvalue weighted by atomic mass is 10.1. The quantitative estimate of drug-likeness (QED) is 0.460. The highest BCUT2D eigenvalue weighted by Gasteiger charge is 2.14. The Balaban J connectivity index is 2.98. The van der Waals surface area contributed by atoms with Gasteiger partial charge in [0.05, 0.1) is 23.7 Å². The molecule has 0 atom stereocenters. The third kappa shape index (κ3) is 4.33. The van der Waals surface area contributed by atoms with Crippen LogP contribution in [0, 0.1) is 10.1 Å². The maximum Gasteiger partial charge on any atom is 0.280 e. The Morgan fingerprint density at radius 2 is 2.06 bits per heavy atom. The van der Waals surface area contributed by atoms with Crippen molar-refractivity contribution in [2.45, 2.75) is 25.7 Å². The van der Waals surface area contributed by atoms with E-state index < -0.39 is 8.07 Å². The monoisotopic (exact) mass is 265 g/mol. The first-order valence-corrected chi connectivity index (χ1v) is 9.53. The van der Waals surface area contributed by atoms with Gasteiger partial charge in [0, 0.05) is 8.07 Å². The standard InChI is InChI=1S/C13H19NO3Si/c1-17-12-8-7-11(13(10-12)14(15)16)6-5-9-18(2,3)4/h5-8,10H,9H2,1-4H3/b6-5+. The van der Waals surface area contributed by atoms with Crippen LogP contribution in [0.2, 0.25) is 25.7 Å². The summed E-state index contributed by atoms with van der Waals surface area (Å²) in [6, 6.07) is 5.92. The van der Waals surface area contributed by atoms with E-state index in [1.54, 1.807) is 12.1 Å². The van der Waals surface area contributed by atoms with Gasteiger partial charge in [0.2, 0.25) is 0 Å². The minimum absolute atomic E-state index is 0.0844. The normalized spacial score (nSPS) is 11.8. The molecule has 0 amide bonds. The zero-order chi connectivity index (χ0) is 13.8. The molecule has 5 heteroatoms. The van der Waals surface area contributed by atoms with Crippen LogP contribution in [0.15, 0.2) is 24.3 Å². The first-order chi connectivity index (χ1) is 8.33. The Hall–Kier alpha value is -1.62. The number of nitro groups is 1.